The lowest BCUT2D eigenvalue weighted by Crippen LogP contribution is -1.87. The van der Waals surface area contributed by atoms with E-state index in [1.165, 1.54) is 0 Å². The molecular weight excluding hydrogens is 228 g/mol. The Hall–Kier alpha value is -2.45. The minimum absolute atomic E-state index is 0.523. The van der Waals surface area contributed by atoms with Crippen LogP contribution < -0.4 is 4.74 Å². The van der Waals surface area contributed by atoms with E-state index in [9.17, 15) is 4.79 Å². The molecule has 0 aliphatic carbocycles. The summed E-state index contributed by atoms with van der Waals surface area (Å²) in [6.07, 6.45) is 3.29. The van der Waals surface area contributed by atoms with Gasteiger partial charge in [-0.2, -0.15) is 4.99 Å². The summed E-state index contributed by atoms with van der Waals surface area (Å²) in [7, 11) is 1.61. The molecule has 1 aromatic carbocycles. The van der Waals surface area contributed by atoms with Gasteiger partial charge in [-0.1, -0.05) is 0 Å². The zero-order chi connectivity index (χ0) is 13.0. The zero-order valence-electron chi connectivity index (χ0n) is 10.2. The molecule has 0 unspecified atom stereocenters. The fourth-order valence-corrected chi connectivity index (χ4v) is 1.66. The minimum Gasteiger partial charge on any atom is -0.497 e. The third-order valence-electron chi connectivity index (χ3n) is 2.53. The minimum atomic E-state index is 0.523. The molecule has 4 heteroatoms. The molecule has 0 fully saturated rings. The smallest absolute Gasteiger partial charge is 0.240 e. The van der Waals surface area contributed by atoms with Gasteiger partial charge in [-0.25, -0.2) is 4.79 Å². The van der Waals surface area contributed by atoms with E-state index in [1.54, 1.807) is 25.5 Å². The monoisotopic (exact) mass is 240 g/mol. The topological polar surface area (TPSA) is 51.6 Å². The SMILES string of the molecule is COc1ccc(-c2ncc(C)cc2N=C=O)cc1. The standard InChI is InChI=1S/C14H12N2O2/c1-10-7-13(16-9-17)14(15-8-10)11-3-5-12(18-2)6-4-11/h3-8H,1-2H3. The molecule has 0 amide bonds. The van der Waals surface area contributed by atoms with Gasteiger partial charge < -0.3 is 4.74 Å². The first-order valence-corrected chi connectivity index (χ1v) is 5.43. The van der Waals surface area contributed by atoms with Crippen LogP contribution in [0.4, 0.5) is 5.69 Å². The predicted molar refractivity (Wildman–Crippen MR) is 68.7 cm³/mol. The average molecular weight is 240 g/mol. The molecule has 4 nitrogen and oxygen atoms in total. The van der Waals surface area contributed by atoms with Crippen molar-refractivity contribution in [3.63, 3.8) is 0 Å². The van der Waals surface area contributed by atoms with Crippen LogP contribution in [-0.2, 0) is 4.79 Å². The summed E-state index contributed by atoms with van der Waals surface area (Å²) in [5.74, 6) is 0.770. The van der Waals surface area contributed by atoms with E-state index in [0.717, 1.165) is 16.9 Å². The second kappa shape index (κ2) is 5.25. The molecule has 0 N–H and O–H groups in total. The Kier molecular flexibility index (Phi) is 3.51. The number of aromatic nitrogens is 1. The van der Waals surface area contributed by atoms with Crippen LogP contribution >= 0.6 is 0 Å². The van der Waals surface area contributed by atoms with Gasteiger partial charge in [0.15, 0.2) is 0 Å². The first kappa shape index (κ1) is 12.0. The Morgan fingerprint density at radius 2 is 2.00 bits per heavy atom. The molecule has 18 heavy (non-hydrogen) atoms. The number of nitrogens with zero attached hydrogens (tertiary/aromatic N) is 2. The Labute approximate surface area is 105 Å². The molecule has 0 spiro atoms. The van der Waals surface area contributed by atoms with Crippen molar-refractivity contribution in [2.75, 3.05) is 7.11 Å². The highest BCUT2D eigenvalue weighted by atomic mass is 16.5. The summed E-state index contributed by atoms with van der Waals surface area (Å²) in [6.45, 7) is 1.90. The number of hydrogen-bond donors (Lipinski definition) is 0. The van der Waals surface area contributed by atoms with Gasteiger partial charge in [0.1, 0.15) is 11.4 Å². The highest BCUT2D eigenvalue weighted by molar-refractivity contribution is 5.74. The molecule has 2 rings (SSSR count). The molecule has 2 aromatic rings. The van der Waals surface area contributed by atoms with Crippen molar-refractivity contribution in [2.24, 2.45) is 4.99 Å². The van der Waals surface area contributed by atoms with Crippen molar-refractivity contribution < 1.29 is 9.53 Å². The third-order valence-corrected chi connectivity index (χ3v) is 2.53. The van der Waals surface area contributed by atoms with E-state index in [0.29, 0.717) is 11.4 Å². The zero-order valence-corrected chi connectivity index (χ0v) is 10.2. The number of pyridine rings is 1. The van der Waals surface area contributed by atoms with Crippen LogP contribution in [0.25, 0.3) is 11.3 Å². The van der Waals surface area contributed by atoms with E-state index in [2.05, 4.69) is 9.98 Å². The van der Waals surface area contributed by atoms with Crippen LogP contribution in [-0.4, -0.2) is 18.2 Å². The fourth-order valence-electron chi connectivity index (χ4n) is 1.66. The maximum Gasteiger partial charge on any atom is 0.240 e. The number of carbonyl (C=O) groups excluding carboxylic acids is 1. The van der Waals surface area contributed by atoms with Crippen molar-refractivity contribution >= 4 is 11.8 Å². The molecule has 1 aromatic heterocycles. The van der Waals surface area contributed by atoms with Gasteiger partial charge in [-0.05, 0) is 42.8 Å². The van der Waals surface area contributed by atoms with Crippen LogP contribution in [0.1, 0.15) is 5.56 Å². The molecule has 1 heterocycles. The number of ether oxygens (including phenoxy) is 1. The van der Waals surface area contributed by atoms with E-state index in [-0.39, 0.29) is 0 Å². The number of benzene rings is 1. The summed E-state index contributed by atoms with van der Waals surface area (Å²) >= 11 is 0. The Morgan fingerprint density at radius 3 is 2.61 bits per heavy atom. The summed E-state index contributed by atoms with van der Waals surface area (Å²) in [4.78, 5) is 18.4. The highest BCUT2D eigenvalue weighted by Gasteiger charge is 2.06. The van der Waals surface area contributed by atoms with Gasteiger partial charge in [-0.3, -0.25) is 4.98 Å². The number of aliphatic imine (C=N–C) groups is 1. The number of methoxy groups -OCH3 is 1. The lowest BCUT2D eigenvalue weighted by Gasteiger charge is -2.06. The lowest BCUT2D eigenvalue weighted by molar-refractivity contribution is 0.415. The molecule has 0 saturated carbocycles. The summed E-state index contributed by atoms with van der Waals surface area (Å²) in [5, 5.41) is 0. The number of isocyanates is 1. The van der Waals surface area contributed by atoms with Crippen LogP contribution in [0.5, 0.6) is 5.75 Å². The maximum absolute atomic E-state index is 10.4. The van der Waals surface area contributed by atoms with Crippen molar-refractivity contribution in [3.8, 4) is 17.0 Å². The van der Waals surface area contributed by atoms with E-state index >= 15 is 0 Å². The van der Waals surface area contributed by atoms with Crippen LogP contribution in [0.2, 0.25) is 0 Å². The number of hydrogen-bond acceptors (Lipinski definition) is 4. The lowest BCUT2D eigenvalue weighted by atomic mass is 10.1. The average Bonchev–Trinajstić information content (AvgIpc) is 2.40. The predicted octanol–water partition coefficient (Wildman–Crippen LogP) is 3.03. The summed E-state index contributed by atoms with van der Waals surface area (Å²) < 4.78 is 5.10. The van der Waals surface area contributed by atoms with Crippen molar-refractivity contribution in [1.29, 1.82) is 0 Å². The van der Waals surface area contributed by atoms with Crippen LogP contribution in [0.3, 0.4) is 0 Å². The molecule has 0 atom stereocenters. The Morgan fingerprint density at radius 1 is 1.28 bits per heavy atom. The first-order chi connectivity index (χ1) is 8.74. The van der Waals surface area contributed by atoms with Gasteiger partial charge in [0.2, 0.25) is 6.08 Å². The summed E-state index contributed by atoms with van der Waals surface area (Å²) in [6, 6.07) is 9.23. The van der Waals surface area contributed by atoms with E-state index in [1.807, 2.05) is 31.2 Å². The molecule has 90 valence electrons. The van der Waals surface area contributed by atoms with E-state index in [4.69, 9.17) is 4.74 Å². The Balaban J connectivity index is 2.51. The van der Waals surface area contributed by atoms with Crippen molar-refractivity contribution in [3.05, 3.63) is 42.1 Å². The quantitative estimate of drug-likeness (QED) is 0.612. The number of rotatable bonds is 3. The third kappa shape index (κ3) is 2.44. The molecule has 0 radical (unpaired) electrons. The normalized spacial score (nSPS) is 9.67. The molecule has 0 aliphatic heterocycles. The summed E-state index contributed by atoms with van der Waals surface area (Å²) in [5.41, 5.74) is 3.01. The highest BCUT2D eigenvalue weighted by Crippen LogP contribution is 2.29. The Bertz CT molecular complexity index is 600. The first-order valence-electron chi connectivity index (χ1n) is 5.43. The van der Waals surface area contributed by atoms with Gasteiger partial charge in [0.25, 0.3) is 0 Å². The largest absolute Gasteiger partial charge is 0.497 e. The maximum atomic E-state index is 10.4. The van der Waals surface area contributed by atoms with Crippen LogP contribution in [0.15, 0.2) is 41.5 Å². The molecule has 0 aliphatic rings. The molecule has 0 bridgehead atoms. The van der Waals surface area contributed by atoms with Gasteiger partial charge in [-0.15, -0.1) is 0 Å². The molecule has 0 saturated heterocycles. The van der Waals surface area contributed by atoms with Gasteiger partial charge >= 0.3 is 0 Å². The van der Waals surface area contributed by atoms with Crippen LogP contribution in [0, 0.1) is 6.92 Å². The van der Waals surface area contributed by atoms with Gasteiger partial charge in [0.05, 0.1) is 12.8 Å². The second-order valence-electron chi connectivity index (χ2n) is 3.81. The second-order valence-corrected chi connectivity index (χ2v) is 3.81. The fraction of sp³-hybridized carbons (Fsp3) is 0.143. The number of aryl methyl sites for hydroxylation is 1. The van der Waals surface area contributed by atoms with Gasteiger partial charge in [0, 0.05) is 11.8 Å². The molecular formula is C14H12N2O2. The van der Waals surface area contributed by atoms with Crippen molar-refractivity contribution in [1.82, 2.24) is 4.98 Å². The van der Waals surface area contributed by atoms with Crippen molar-refractivity contribution in [2.45, 2.75) is 6.92 Å². The van der Waals surface area contributed by atoms with E-state index < -0.39 is 0 Å².